The first-order valence-corrected chi connectivity index (χ1v) is 5.31. The minimum Gasteiger partial charge on any atom is -0.466 e. The Morgan fingerprint density at radius 3 is 2.54 bits per heavy atom. The fourth-order valence-electron chi connectivity index (χ4n) is 2.02. The monoisotopic (exact) mass is 184 g/mol. The van der Waals surface area contributed by atoms with Gasteiger partial charge in [-0.2, -0.15) is 0 Å². The zero-order valence-electron chi connectivity index (χ0n) is 8.88. The van der Waals surface area contributed by atoms with Crippen LogP contribution >= 0.6 is 0 Å². The van der Waals surface area contributed by atoms with Gasteiger partial charge in [-0.1, -0.05) is 13.8 Å². The zero-order chi connectivity index (χ0) is 9.84. The smallest absolute Gasteiger partial charge is 0.308 e. The lowest BCUT2D eigenvalue weighted by Crippen LogP contribution is -2.27. The summed E-state index contributed by atoms with van der Waals surface area (Å²) in [5.74, 6) is 1.63. The van der Waals surface area contributed by atoms with Crippen molar-refractivity contribution >= 4 is 5.97 Å². The Hall–Kier alpha value is -0.530. The Balaban J connectivity index is 2.40. The summed E-state index contributed by atoms with van der Waals surface area (Å²) in [6.45, 7) is 6.88. The van der Waals surface area contributed by atoms with Crippen LogP contribution in [-0.2, 0) is 9.53 Å². The van der Waals surface area contributed by atoms with E-state index in [2.05, 4.69) is 13.8 Å². The molecule has 3 atom stereocenters. The number of esters is 1. The Bertz CT molecular complexity index is 177. The number of hydrogen-bond donors (Lipinski definition) is 0. The Morgan fingerprint density at radius 1 is 1.31 bits per heavy atom. The van der Waals surface area contributed by atoms with Crippen molar-refractivity contribution < 1.29 is 9.53 Å². The van der Waals surface area contributed by atoms with E-state index < -0.39 is 0 Å². The number of carbonyl (C=O) groups is 1. The molecule has 76 valence electrons. The largest absolute Gasteiger partial charge is 0.466 e. The highest BCUT2D eigenvalue weighted by Crippen LogP contribution is 2.33. The average molecular weight is 184 g/mol. The van der Waals surface area contributed by atoms with Gasteiger partial charge in [0.05, 0.1) is 12.5 Å². The summed E-state index contributed by atoms with van der Waals surface area (Å²) in [4.78, 5) is 11.4. The molecule has 0 heterocycles. The third kappa shape index (κ3) is 2.71. The van der Waals surface area contributed by atoms with Crippen LogP contribution in [0.3, 0.4) is 0 Å². The highest BCUT2D eigenvalue weighted by molar-refractivity contribution is 5.72. The SMILES string of the molecule is CCOC(=O)[C@@H]1CC[C@H](C)[C@@H](C)C1. The second-order valence-electron chi connectivity index (χ2n) is 4.22. The standard InChI is InChI=1S/C11H20O2/c1-4-13-11(12)10-6-5-8(2)9(3)7-10/h8-10H,4-7H2,1-3H3/t8-,9-,10+/m0/s1. The molecule has 0 aromatic heterocycles. The molecule has 0 saturated heterocycles. The lowest BCUT2D eigenvalue weighted by molar-refractivity contribution is -0.150. The van der Waals surface area contributed by atoms with E-state index in [0.717, 1.165) is 18.8 Å². The molecule has 0 aromatic rings. The molecule has 1 aliphatic rings. The summed E-state index contributed by atoms with van der Waals surface area (Å²) in [6, 6.07) is 0. The highest BCUT2D eigenvalue weighted by atomic mass is 16.5. The van der Waals surface area contributed by atoms with Crippen molar-refractivity contribution in [2.24, 2.45) is 17.8 Å². The van der Waals surface area contributed by atoms with Crippen molar-refractivity contribution in [1.29, 1.82) is 0 Å². The van der Waals surface area contributed by atoms with Crippen LogP contribution in [0.15, 0.2) is 0 Å². The Kier molecular flexibility index (Phi) is 3.76. The van der Waals surface area contributed by atoms with Gasteiger partial charge in [-0.25, -0.2) is 0 Å². The third-order valence-electron chi connectivity index (χ3n) is 3.22. The van der Waals surface area contributed by atoms with Crippen LogP contribution in [0.1, 0.15) is 40.0 Å². The first kappa shape index (κ1) is 10.6. The summed E-state index contributed by atoms with van der Waals surface area (Å²) in [6.07, 6.45) is 3.20. The molecule has 1 fully saturated rings. The minimum atomic E-state index is 0.0150. The molecule has 0 radical (unpaired) electrons. The van der Waals surface area contributed by atoms with Gasteiger partial charge in [0.15, 0.2) is 0 Å². The summed E-state index contributed by atoms with van der Waals surface area (Å²) in [7, 11) is 0. The molecule has 13 heavy (non-hydrogen) atoms. The fraction of sp³-hybridized carbons (Fsp3) is 0.909. The van der Waals surface area contributed by atoms with E-state index in [1.165, 1.54) is 6.42 Å². The van der Waals surface area contributed by atoms with Crippen molar-refractivity contribution in [1.82, 2.24) is 0 Å². The van der Waals surface area contributed by atoms with E-state index in [1.54, 1.807) is 0 Å². The molecule has 0 amide bonds. The van der Waals surface area contributed by atoms with Crippen molar-refractivity contribution in [2.75, 3.05) is 6.61 Å². The molecule has 0 unspecified atom stereocenters. The van der Waals surface area contributed by atoms with Gasteiger partial charge in [-0.15, -0.1) is 0 Å². The number of rotatable bonds is 2. The van der Waals surface area contributed by atoms with E-state index in [0.29, 0.717) is 12.5 Å². The molecule has 0 spiro atoms. The van der Waals surface area contributed by atoms with E-state index in [-0.39, 0.29) is 11.9 Å². The van der Waals surface area contributed by atoms with Crippen LogP contribution in [0.2, 0.25) is 0 Å². The molecular formula is C11H20O2. The number of carbonyl (C=O) groups excluding carboxylic acids is 1. The third-order valence-corrected chi connectivity index (χ3v) is 3.22. The molecule has 1 rings (SSSR count). The van der Waals surface area contributed by atoms with Gasteiger partial charge in [-0.05, 0) is 38.0 Å². The zero-order valence-corrected chi connectivity index (χ0v) is 8.88. The molecule has 1 aliphatic carbocycles. The second-order valence-corrected chi connectivity index (χ2v) is 4.22. The van der Waals surface area contributed by atoms with Gasteiger partial charge in [-0.3, -0.25) is 4.79 Å². The topological polar surface area (TPSA) is 26.3 Å². The van der Waals surface area contributed by atoms with Crippen LogP contribution in [0.25, 0.3) is 0 Å². The van der Waals surface area contributed by atoms with Gasteiger partial charge in [0.2, 0.25) is 0 Å². The highest BCUT2D eigenvalue weighted by Gasteiger charge is 2.29. The van der Waals surface area contributed by atoms with E-state index in [9.17, 15) is 4.79 Å². The van der Waals surface area contributed by atoms with E-state index in [1.807, 2.05) is 6.92 Å². The molecule has 0 N–H and O–H groups in total. The second kappa shape index (κ2) is 4.64. The maximum Gasteiger partial charge on any atom is 0.308 e. The summed E-state index contributed by atoms with van der Waals surface area (Å²) >= 11 is 0. The molecule has 2 nitrogen and oxygen atoms in total. The molecule has 0 aliphatic heterocycles. The summed E-state index contributed by atoms with van der Waals surface area (Å²) in [5, 5.41) is 0. The van der Waals surface area contributed by atoms with Crippen LogP contribution in [0.4, 0.5) is 0 Å². The summed E-state index contributed by atoms with van der Waals surface area (Å²) < 4.78 is 5.03. The molecule has 0 bridgehead atoms. The predicted molar refractivity (Wildman–Crippen MR) is 52.3 cm³/mol. The van der Waals surface area contributed by atoms with Gasteiger partial charge in [0.25, 0.3) is 0 Å². The van der Waals surface area contributed by atoms with Crippen LogP contribution < -0.4 is 0 Å². The van der Waals surface area contributed by atoms with E-state index >= 15 is 0 Å². The summed E-state index contributed by atoms with van der Waals surface area (Å²) in [5.41, 5.74) is 0. The maximum absolute atomic E-state index is 11.4. The number of ether oxygens (including phenoxy) is 1. The van der Waals surface area contributed by atoms with E-state index in [4.69, 9.17) is 4.74 Å². The molecule has 2 heteroatoms. The van der Waals surface area contributed by atoms with Crippen LogP contribution in [0.5, 0.6) is 0 Å². The van der Waals surface area contributed by atoms with Gasteiger partial charge in [0.1, 0.15) is 0 Å². The van der Waals surface area contributed by atoms with Crippen molar-refractivity contribution in [3.05, 3.63) is 0 Å². The average Bonchev–Trinajstić information content (AvgIpc) is 2.10. The van der Waals surface area contributed by atoms with Gasteiger partial charge >= 0.3 is 5.97 Å². The van der Waals surface area contributed by atoms with Crippen molar-refractivity contribution in [3.63, 3.8) is 0 Å². The molecule has 0 aromatic carbocycles. The fourth-order valence-corrected chi connectivity index (χ4v) is 2.02. The normalized spacial score (nSPS) is 34.2. The lowest BCUT2D eigenvalue weighted by Gasteiger charge is -2.30. The predicted octanol–water partition coefficient (Wildman–Crippen LogP) is 2.62. The number of hydrogen-bond acceptors (Lipinski definition) is 2. The minimum absolute atomic E-state index is 0.0150. The van der Waals surface area contributed by atoms with Gasteiger partial charge in [0, 0.05) is 0 Å². The Labute approximate surface area is 80.7 Å². The van der Waals surface area contributed by atoms with Gasteiger partial charge < -0.3 is 4.74 Å². The molecular weight excluding hydrogens is 164 g/mol. The van der Waals surface area contributed by atoms with Crippen LogP contribution in [-0.4, -0.2) is 12.6 Å². The Morgan fingerprint density at radius 2 is 2.00 bits per heavy atom. The van der Waals surface area contributed by atoms with Crippen LogP contribution in [0, 0.1) is 17.8 Å². The van der Waals surface area contributed by atoms with Crippen molar-refractivity contribution in [3.8, 4) is 0 Å². The van der Waals surface area contributed by atoms with Crippen molar-refractivity contribution in [2.45, 2.75) is 40.0 Å². The first-order chi connectivity index (χ1) is 6.15. The molecule has 1 saturated carbocycles. The first-order valence-electron chi connectivity index (χ1n) is 5.31. The maximum atomic E-state index is 11.4. The quantitative estimate of drug-likeness (QED) is 0.617. The lowest BCUT2D eigenvalue weighted by atomic mass is 9.76.